The minimum atomic E-state index is -0.150. The highest BCUT2D eigenvalue weighted by Crippen LogP contribution is 2.33. The number of tetrazole rings is 1. The molecule has 0 saturated carbocycles. The Morgan fingerprint density at radius 2 is 1.97 bits per heavy atom. The number of H-pyrrole nitrogens is 1. The molecular formula is C26H24N6O5. The summed E-state index contributed by atoms with van der Waals surface area (Å²) in [5.41, 5.74) is 2.22. The predicted octanol–water partition coefficient (Wildman–Crippen LogP) is 3.10. The lowest BCUT2D eigenvalue weighted by molar-refractivity contribution is 0.174. The maximum absolute atomic E-state index is 13.0. The third-order valence-corrected chi connectivity index (χ3v) is 6.22. The van der Waals surface area contributed by atoms with Gasteiger partial charge in [-0.25, -0.2) is 4.68 Å². The number of fused-ring (bicyclic) bond motifs is 2. The highest BCUT2D eigenvalue weighted by Gasteiger charge is 2.19. The lowest BCUT2D eigenvalue weighted by Crippen LogP contribution is -2.28. The van der Waals surface area contributed by atoms with Crippen LogP contribution in [0.1, 0.15) is 22.7 Å². The molecular weight excluding hydrogens is 476 g/mol. The van der Waals surface area contributed by atoms with Crippen LogP contribution in [-0.4, -0.2) is 44.0 Å². The van der Waals surface area contributed by atoms with Gasteiger partial charge in [-0.3, -0.25) is 9.69 Å². The van der Waals surface area contributed by atoms with Crippen molar-refractivity contribution in [3.8, 4) is 17.2 Å². The monoisotopic (exact) mass is 500 g/mol. The van der Waals surface area contributed by atoms with E-state index in [1.165, 1.54) is 0 Å². The van der Waals surface area contributed by atoms with E-state index in [0.717, 1.165) is 33.7 Å². The Labute approximate surface area is 211 Å². The summed E-state index contributed by atoms with van der Waals surface area (Å²) in [5.74, 6) is 3.54. The first-order valence-corrected chi connectivity index (χ1v) is 11.7. The Kier molecular flexibility index (Phi) is 6.03. The van der Waals surface area contributed by atoms with Gasteiger partial charge in [0, 0.05) is 29.6 Å². The van der Waals surface area contributed by atoms with Crippen molar-refractivity contribution in [3.05, 3.63) is 93.9 Å². The summed E-state index contributed by atoms with van der Waals surface area (Å²) in [6.07, 6.45) is 1.62. The Hall–Kier alpha value is -4.64. The van der Waals surface area contributed by atoms with Crippen molar-refractivity contribution in [2.24, 2.45) is 0 Å². The summed E-state index contributed by atoms with van der Waals surface area (Å²) >= 11 is 0. The summed E-state index contributed by atoms with van der Waals surface area (Å²) in [6, 6.07) is 17.0. The molecule has 0 bridgehead atoms. The van der Waals surface area contributed by atoms with Gasteiger partial charge >= 0.3 is 0 Å². The van der Waals surface area contributed by atoms with Gasteiger partial charge in [-0.15, -0.1) is 5.10 Å². The van der Waals surface area contributed by atoms with Gasteiger partial charge in [-0.2, -0.15) is 0 Å². The number of hydrogen-bond acceptors (Lipinski definition) is 9. The first-order chi connectivity index (χ1) is 18.1. The smallest absolute Gasteiger partial charge is 0.252 e. The van der Waals surface area contributed by atoms with Crippen LogP contribution in [0.2, 0.25) is 0 Å². The average molecular weight is 501 g/mol. The van der Waals surface area contributed by atoms with Crippen LogP contribution >= 0.6 is 0 Å². The van der Waals surface area contributed by atoms with Gasteiger partial charge in [-0.1, -0.05) is 6.07 Å². The Balaban J connectivity index is 1.31. The fraction of sp³-hybridized carbons (Fsp3) is 0.231. The number of rotatable bonds is 9. The molecule has 0 aliphatic carbocycles. The SMILES string of the molecule is COc1ccc2[nH]c(=O)c(CN(Cc3ccc4c(c3)OCO4)Cc3nnnn3Cc3ccco3)cc2c1. The second-order valence-electron chi connectivity index (χ2n) is 8.74. The van der Waals surface area contributed by atoms with Crippen molar-refractivity contribution in [3.63, 3.8) is 0 Å². The molecule has 0 saturated heterocycles. The van der Waals surface area contributed by atoms with Crippen LogP contribution in [0.25, 0.3) is 10.9 Å². The number of aromatic amines is 1. The van der Waals surface area contributed by atoms with Gasteiger partial charge in [0.15, 0.2) is 17.3 Å². The molecule has 1 N–H and O–H groups in total. The van der Waals surface area contributed by atoms with Crippen LogP contribution in [0.15, 0.2) is 70.1 Å². The van der Waals surface area contributed by atoms with Crippen molar-refractivity contribution in [2.75, 3.05) is 13.9 Å². The number of furan rings is 1. The van der Waals surface area contributed by atoms with Crippen molar-refractivity contribution in [1.29, 1.82) is 0 Å². The highest BCUT2D eigenvalue weighted by molar-refractivity contribution is 5.80. The molecule has 0 fully saturated rings. The van der Waals surface area contributed by atoms with Gasteiger partial charge in [0.1, 0.15) is 18.1 Å². The van der Waals surface area contributed by atoms with Crippen LogP contribution in [0.3, 0.4) is 0 Å². The van der Waals surface area contributed by atoms with Gasteiger partial charge in [-0.05, 0) is 64.5 Å². The summed E-state index contributed by atoms with van der Waals surface area (Å²) in [7, 11) is 1.62. The number of nitrogens with one attached hydrogen (secondary N) is 1. The predicted molar refractivity (Wildman–Crippen MR) is 132 cm³/mol. The van der Waals surface area contributed by atoms with E-state index in [2.05, 4.69) is 25.4 Å². The van der Waals surface area contributed by atoms with Gasteiger partial charge in [0.25, 0.3) is 5.56 Å². The number of methoxy groups -OCH3 is 1. The van der Waals surface area contributed by atoms with E-state index in [4.69, 9.17) is 18.6 Å². The van der Waals surface area contributed by atoms with Crippen LogP contribution in [0, 0.1) is 0 Å². The number of nitrogens with zero attached hydrogens (tertiary/aromatic N) is 5. The number of hydrogen-bond donors (Lipinski definition) is 1. The zero-order valence-electron chi connectivity index (χ0n) is 20.1. The second kappa shape index (κ2) is 9.78. The van der Waals surface area contributed by atoms with E-state index in [1.807, 2.05) is 54.6 Å². The molecule has 3 aromatic heterocycles. The lowest BCUT2D eigenvalue weighted by atomic mass is 10.1. The molecule has 1 aliphatic rings. The van der Waals surface area contributed by atoms with E-state index in [-0.39, 0.29) is 12.4 Å². The minimum absolute atomic E-state index is 0.150. The fourth-order valence-corrected chi connectivity index (χ4v) is 4.39. The summed E-state index contributed by atoms with van der Waals surface area (Å²) in [4.78, 5) is 18.1. The fourth-order valence-electron chi connectivity index (χ4n) is 4.39. The van der Waals surface area contributed by atoms with Crippen LogP contribution in [0.4, 0.5) is 0 Å². The molecule has 1 aliphatic heterocycles. The van der Waals surface area contributed by atoms with Gasteiger partial charge < -0.3 is 23.6 Å². The molecule has 0 amide bonds. The normalized spacial score (nSPS) is 12.5. The number of benzene rings is 2. The summed E-state index contributed by atoms with van der Waals surface area (Å²) < 4.78 is 23.5. The number of aromatic nitrogens is 5. The van der Waals surface area contributed by atoms with Crippen LogP contribution < -0.4 is 19.8 Å². The molecule has 11 nitrogen and oxygen atoms in total. The van der Waals surface area contributed by atoms with Gasteiger partial charge in [0.2, 0.25) is 6.79 Å². The standard InChI is InChI=1S/C26H24N6O5/c1-34-20-5-6-22-18(11-20)10-19(26(33)27-22)13-31(12-17-4-7-23-24(9-17)37-16-36-23)15-25-28-29-30-32(25)14-21-3-2-8-35-21/h2-11H,12-16H2,1H3,(H,27,33). The summed E-state index contributed by atoms with van der Waals surface area (Å²) in [6.45, 7) is 1.91. The third kappa shape index (κ3) is 4.89. The number of pyridine rings is 1. The highest BCUT2D eigenvalue weighted by atomic mass is 16.7. The maximum Gasteiger partial charge on any atom is 0.252 e. The zero-order chi connectivity index (χ0) is 25.2. The molecule has 2 aromatic carbocycles. The summed E-state index contributed by atoms with van der Waals surface area (Å²) in [5, 5.41) is 13.1. The Morgan fingerprint density at radius 3 is 2.84 bits per heavy atom. The van der Waals surface area contributed by atoms with Gasteiger partial charge in [0.05, 0.1) is 19.9 Å². The maximum atomic E-state index is 13.0. The first kappa shape index (κ1) is 22.8. The molecule has 0 spiro atoms. The molecule has 4 heterocycles. The Morgan fingerprint density at radius 1 is 1.05 bits per heavy atom. The molecule has 188 valence electrons. The topological polar surface area (TPSA) is 121 Å². The van der Waals surface area contributed by atoms with Crippen LogP contribution in [-0.2, 0) is 26.2 Å². The zero-order valence-corrected chi connectivity index (χ0v) is 20.1. The first-order valence-electron chi connectivity index (χ1n) is 11.7. The number of ether oxygens (including phenoxy) is 3. The molecule has 0 atom stereocenters. The van der Waals surface area contributed by atoms with Crippen LogP contribution in [0.5, 0.6) is 17.2 Å². The lowest BCUT2D eigenvalue weighted by Gasteiger charge is -2.22. The minimum Gasteiger partial charge on any atom is -0.497 e. The van der Waals surface area contributed by atoms with E-state index in [9.17, 15) is 4.79 Å². The Bertz CT molecular complexity index is 1590. The molecule has 11 heteroatoms. The van der Waals surface area contributed by atoms with Crippen molar-refractivity contribution >= 4 is 10.9 Å². The van der Waals surface area contributed by atoms with E-state index in [0.29, 0.717) is 43.3 Å². The average Bonchev–Trinajstić information content (AvgIpc) is 3.67. The second-order valence-corrected chi connectivity index (χ2v) is 8.74. The van der Waals surface area contributed by atoms with E-state index >= 15 is 0 Å². The molecule has 5 aromatic rings. The van der Waals surface area contributed by atoms with E-state index < -0.39 is 0 Å². The van der Waals surface area contributed by atoms with Crippen molar-refractivity contribution in [2.45, 2.75) is 26.2 Å². The molecule has 0 unspecified atom stereocenters. The van der Waals surface area contributed by atoms with Crippen molar-refractivity contribution < 1.29 is 18.6 Å². The van der Waals surface area contributed by atoms with Crippen molar-refractivity contribution in [1.82, 2.24) is 30.1 Å². The third-order valence-electron chi connectivity index (χ3n) is 6.22. The molecule has 0 radical (unpaired) electrons. The molecule has 6 rings (SSSR count). The molecule has 37 heavy (non-hydrogen) atoms. The largest absolute Gasteiger partial charge is 0.497 e. The van der Waals surface area contributed by atoms with E-state index in [1.54, 1.807) is 18.1 Å². The quantitative estimate of drug-likeness (QED) is 0.325.